The average Bonchev–Trinajstić information content (AvgIpc) is 2.76. The predicted octanol–water partition coefficient (Wildman–Crippen LogP) is 3.29. The highest BCUT2D eigenvalue weighted by Gasteiger charge is 2.66. The molecule has 2 aromatic carbocycles. The zero-order valence-corrected chi connectivity index (χ0v) is 15.3. The van der Waals surface area contributed by atoms with Gasteiger partial charge in [-0.15, -0.1) is 0 Å². The van der Waals surface area contributed by atoms with Crippen LogP contribution in [0.1, 0.15) is 24.8 Å². The lowest BCUT2D eigenvalue weighted by Gasteiger charge is -2.37. The molecule has 1 N–H and O–H groups in total. The van der Waals surface area contributed by atoms with Crippen LogP contribution < -0.4 is 4.90 Å². The van der Waals surface area contributed by atoms with E-state index < -0.39 is 23.5 Å². The van der Waals surface area contributed by atoms with E-state index in [1.54, 1.807) is 19.1 Å². The van der Waals surface area contributed by atoms with Gasteiger partial charge in [-0.2, -0.15) is 0 Å². The topological polar surface area (TPSA) is 57.6 Å². The van der Waals surface area contributed by atoms with Crippen LogP contribution in [-0.2, 0) is 9.59 Å². The van der Waals surface area contributed by atoms with Crippen molar-refractivity contribution in [3.8, 4) is 0 Å². The molecule has 1 saturated heterocycles. The minimum absolute atomic E-state index is 0.0570. The van der Waals surface area contributed by atoms with E-state index in [1.807, 2.05) is 42.5 Å². The number of carbonyl (C=O) groups is 2. The molecular formula is C20H18BrNO3. The summed E-state index contributed by atoms with van der Waals surface area (Å²) in [5.74, 6) is -1.40. The van der Waals surface area contributed by atoms with Crippen molar-refractivity contribution in [3.63, 3.8) is 0 Å². The summed E-state index contributed by atoms with van der Waals surface area (Å²) in [6, 6.07) is 16.4. The molecule has 2 aliphatic rings. The summed E-state index contributed by atoms with van der Waals surface area (Å²) in [5, 5.41) is 11.1. The van der Waals surface area contributed by atoms with Gasteiger partial charge in [-0.25, -0.2) is 0 Å². The molecule has 4 rings (SSSR count). The molecule has 1 heterocycles. The average molecular weight is 400 g/mol. The number of hydrogen-bond acceptors (Lipinski definition) is 3. The lowest BCUT2D eigenvalue weighted by Crippen LogP contribution is -2.53. The number of ketones is 1. The second-order valence-electron chi connectivity index (χ2n) is 6.84. The number of benzene rings is 2. The van der Waals surface area contributed by atoms with Crippen LogP contribution >= 0.6 is 15.9 Å². The first-order valence-electron chi connectivity index (χ1n) is 8.35. The van der Waals surface area contributed by atoms with Crippen LogP contribution in [0.2, 0.25) is 0 Å². The quantitative estimate of drug-likeness (QED) is 0.788. The number of hydrogen-bond donors (Lipinski definition) is 1. The third-order valence-electron chi connectivity index (χ3n) is 5.61. The van der Waals surface area contributed by atoms with E-state index in [9.17, 15) is 14.7 Å². The van der Waals surface area contributed by atoms with E-state index >= 15 is 0 Å². The van der Waals surface area contributed by atoms with Crippen molar-refractivity contribution in [1.82, 2.24) is 0 Å². The second kappa shape index (κ2) is 5.78. The fraction of sp³-hybridized carbons (Fsp3) is 0.300. The zero-order valence-electron chi connectivity index (χ0n) is 13.7. The Morgan fingerprint density at radius 3 is 2.36 bits per heavy atom. The van der Waals surface area contributed by atoms with Crippen molar-refractivity contribution < 1.29 is 14.7 Å². The maximum absolute atomic E-state index is 13.0. The number of Topliss-reactive ketones (excluding diaryl/α,β-unsaturated/α-hetero) is 1. The van der Waals surface area contributed by atoms with Crippen molar-refractivity contribution in [1.29, 1.82) is 0 Å². The molecular weight excluding hydrogens is 382 g/mol. The molecule has 4 nitrogen and oxygen atoms in total. The Kier molecular flexibility index (Phi) is 3.81. The van der Waals surface area contributed by atoms with Gasteiger partial charge in [0.05, 0.1) is 6.04 Å². The number of carbonyl (C=O) groups excluding carboxylic acids is 2. The lowest BCUT2D eigenvalue weighted by molar-refractivity contribution is -0.153. The monoisotopic (exact) mass is 399 g/mol. The number of rotatable bonds is 2. The van der Waals surface area contributed by atoms with Gasteiger partial charge in [0.15, 0.2) is 5.78 Å². The first kappa shape index (κ1) is 16.5. The van der Waals surface area contributed by atoms with Crippen LogP contribution in [0.5, 0.6) is 0 Å². The number of para-hydroxylation sites is 1. The molecule has 2 aromatic rings. The smallest absolute Gasteiger partial charge is 0.267 e. The van der Waals surface area contributed by atoms with E-state index in [-0.39, 0.29) is 11.7 Å². The van der Waals surface area contributed by atoms with Gasteiger partial charge >= 0.3 is 0 Å². The molecule has 2 fully saturated rings. The predicted molar refractivity (Wildman–Crippen MR) is 98.3 cm³/mol. The number of nitrogens with zero attached hydrogens (tertiary/aromatic N) is 1. The van der Waals surface area contributed by atoms with Crippen molar-refractivity contribution in [2.45, 2.75) is 30.9 Å². The summed E-state index contributed by atoms with van der Waals surface area (Å²) in [5.41, 5.74) is -0.254. The lowest BCUT2D eigenvalue weighted by atomic mass is 9.67. The third-order valence-corrected chi connectivity index (χ3v) is 6.14. The van der Waals surface area contributed by atoms with Crippen LogP contribution in [0.3, 0.4) is 0 Å². The molecule has 4 atom stereocenters. The number of aliphatic hydroxyl groups is 1. The number of amides is 1. The van der Waals surface area contributed by atoms with Crippen LogP contribution in [0.25, 0.3) is 0 Å². The fourth-order valence-electron chi connectivity index (χ4n) is 4.19. The van der Waals surface area contributed by atoms with E-state index in [2.05, 4.69) is 15.9 Å². The number of halogens is 1. The largest absolute Gasteiger partial charge is 0.373 e. The second-order valence-corrected chi connectivity index (χ2v) is 7.76. The van der Waals surface area contributed by atoms with Crippen LogP contribution in [0.15, 0.2) is 59.1 Å². The van der Waals surface area contributed by atoms with E-state index in [4.69, 9.17) is 0 Å². The molecule has 1 amide bonds. The van der Waals surface area contributed by atoms with Gasteiger partial charge in [0, 0.05) is 16.1 Å². The molecule has 5 heteroatoms. The molecule has 0 aromatic heterocycles. The van der Waals surface area contributed by atoms with Crippen LogP contribution in [0, 0.1) is 5.92 Å². The van der Waals surface area contributed by atoms with Crippen molar-refractivity contribution in [3.05, 3.63) is 64.6 Å². The standard InChI is InChI=1S/C20H18BrNO3/c1-12-16(13-7-9-14(21)10-8-13)11-17-18(23)20(12,25)19(24)22(17)15-5-3-2-4-6-15/h2-10,12,16-17,25H,11H2,1H3/t12-,16-,17+,20-/m1/s1. The Morgan fingerprint density at radius 1 is 1.08 bits per heavy atom. The summed E-state index contributed by atoms with van der Waals surface area (Å²) in [4.78, 5) is 27.3. The molecule has 1 saturated carbocycles. The molecule has 0 spiro atoms. The Bertz CT molecular complexity index is 836. The van der Waals surface area contributed by atoms with Gasteiger partial charge in [0.1, 0.15) is 0 Å². The maximum atomic E-state index is 13.0. The van der Waals surface area contributed by atoms with E-state index in [1.165, 1.54) is 4.90 Å². The SMILES string of the molecule is C[C@@H]1[C@H](c2ccc(Br)cc2)C[C@H]2C(=O)[C@@]1(O)C(=O)N2c1ccccc1. The van der Waals surface area contributed by atoms with Gasteiger partial charge in [-0.05, 0) is 42.2 Å². The summed E-state index contributed by atoms with van der Waals surface area (Å²) < 4.78 is 0.972. The molecule has 1 aliphatic carbocycles. The van der Waals surface area contributed by atoms with E-state index in [0.717, 1.165) is 10.0 Å². The Morgan fingerprint density at radius 2 is 1.72 bits per heavy atom. The normalized spacial score (nSPS) is 31.5. The van der Waals surface area contributed by atoms with Gasteiger partial charge < -0.3 is 5.11 Å². The van der Waals surface area contributed by atoms with Gasteiger partial charge in [-0.1, -0.05) is 53.2 Å². The Hall–Kier alpha value is -1.98. The molecule has 0 radical (unpaired) electrons. The summed E-state index contributed by atoms with van der Waals surface area (Å²) >= 11 is 3.42. The minimum atomic E-state index is -1.95. The van der Waals surface area contributed by atoms with Crippen LogP contribution in [0.4, 0.5) is 5.69 Å². The minimum Gasteiger partial charge on any atom is -0.373 e. The number of fused-ring (bicyclic) bond motifs is 2. The van der Waals surface area contributed by atoms with Crippen molar-refractivity contribution in [2.24, 2.45) is 5.92 Å². The molecule has 0 unspecified atom stereocenters. The first-order valence-corrected chi connectivity index (χ1v) is 9.14. The van der Waals surface area contributed by atoms with Gasteiger partial charge in [-0.3, -0.25) is 14.5 Å². The first-order chi connectivity index (χ1) is 11.9. The van der Waals surface area contributed by atoms with Gasteiger partial charge in [0.25, 0.3) is 5.91 Å². The highest BCUT2D eigenvalue weighted by atomic mass is 79.9. The molecule has 25 heavy (non-hydrogen) atoms. The van der Waals surface area contributed by atoms with Gasteiger partial charge in [0.2, 0.25) is 5.60 Å². The number of anilines is 1. The van der Waals surface area contributed by atoms with Crippen molar-refractivity contribution >= 4 is 33.3 Å². The third kappa shape index (κ3) is 2.29. The maximum Gasteiger partial charge on any atom is 0.267 e. The zero-order chi connectivity index (χ0) is 17.8. The highest BCUT2D eigenvalue weighted by Crippen LogP contribution is 2.49. The van der Waals surface area contributed by atoms with E-state index in [0.29, 0.717) is 12.1 Å². The summed E-state index contributed by atoms with van der Waals surface area (Å²) in [6.07, 6.45) is 0.518. The fourth-order valence-corrected chi connectivity index (χ4v) is 4.45. The Balaban J connectivity index is 1.78. The Labute approximate surface area is 154 Å². The molecule has 2 bridgehead atoms. The molecule has 1 aliphatic heterocycles. The van der Waals surface area contributed by atoms with Crippen LogP contribution in [-0.4, -0.2) is 28.4 Å². The molecule has 128 valence electrons. The summed E-state index contributed by atoms with van der Waals surface area (Å²) in [7, 11) is 0. The highest BCUT2D eigenvalue weighted by molar-refractivity contribution is 9.10. The van der Waals surface area contributed by atoms with Crippen molar-refractivity contribution in [2.75, 3.05) is 4.90 Å². The summed E-state index contributed by atoms with van der Waals surface area (Å²) in [6.45, 7) is 1.80.